The van der Waals surface area contributed by atoms with Gasteiger partial charge in [-0.25, -0.2) is 0 Å². The molecule has 0 heterocycles. The van der Waals surface area contributed by atoms with Crippen molar-refractivity contribution in [2.45, 2.75) is 19.8 Å². The van der Waals surface area contributed by atoms with Gasteiger partial charge in [0.05, 0.1) is 27.7 Å². The molecule has 0 spiro atoms. The summed E-state index contributed by atoms with van der Waals surface area (Å²) >= 11 is 0. The Morgan fingerprint density at radius 3 is 1.50 bits per heavy atom. The van der Waals surface area contributed by atoms with Crippen LogP contribution in [-0.2, 0) is 0 Å². The molecular formula is C9H28N3+. The molecule has 0 aromatic rings. The Morgan fingerprint density at radius 1 is 1.08 bits per heavy atom. The zero-order chi connectivity index (χ0) is 9.33. The predicted molar refractivity (Wildman–Crippen MR) is 57.8 cm³/mol. The Labute approximate surface area is 78.3 Å². The molecule has 0 aliphatic heterocycles. The van der Waals surface area contributed by atoms with Crippen LogP contribution in [0.25, 0.3) is 0 Å². The summed E-state index contributed by atoms with van der Waals surface area (Å²) in [6, 6.07) is 0. The third kappa shape index (κ3) is 32.7. The summed E-state index contributed by atoms with van der Waals surface area (Å²) < 4.78 is 1.10. The molecule has 0 saturated carbocycles. The second-order valence-electron chi connectivity index (χ2n) is 3.87. The van der Waals surface area contributed by atoms with Gasteiger partial charge in [0.2, 0.25) is 0 Å². The van der Waals surface area contributed by atoms with Crippen molar-refractivity contribution in [1.82, 2.24) is 11.5 Å². The van der Waals surface area contributed by atoms with Crippen LogP contribution in [-0.4, -0.2) is 46.3 Å². The lowest BCUT2D eigenvalue weighted by molar-refractivity contribution is -0.870. The summed E-state index contributed by atoms with van der Waals surface area (Å²) in [7, 11) is 10.4. The molecule has 0 saturated heterocycles. The van der Waals surface area contributed by atoms with E-state index in [-0.39, 0.29) is 6.15 Å². The highest BCUT2D eigenvalue weighted by molar-refractivity contribution is 4.29. The van der Waals surface area contributed by atoms with Crippen LogP contribution in [0.4, 0.5) is 0 Å². The van der Waals surface area contributed by atoms with Crippen molar-refractivity contribution >= 4 is 0 Å². The largest absolute Gasteiger partial charge is 0.344 e. The van der Waals surface area contributed by atoms with Crippen molar-refractivity contribution in [2.24, 2.45) is 0 Å². The Bertz CT molecular complexity index is 66.7. The minimum absolute atomic E-state index is 0. The summed E-state index contributed by atoms with van der Waals surface area (Å²) in [5.74, 6) is 0. The highest BCUT2D eigenvalue weighted by Crippen LogP contribution is 1.94. The van der Waals surface area contributed by atoms with Crippen molar-refractivity contribution in [3.05, 3.63) is 0 Å². The lowest BCUT2D eigenvalue weighted by Crippen LogP contribution is -2.35. The minimum Gasteiger partial charge on any atom is -0.344 e. The molecule has 78 valence electrons. The SMILES string of the molecule is CCCC[N+](C)(C)C.CNC.N. The molecule has 0 bridgehead atoms. The normalized spacial score (nSPS) is 9.50. The topological polar surface area (TPSA) is 47.0 Å². The molecule has 3 nitrogen and oxygen atoms in total. The van der Waals surface area contributed by atoms with Crippen LogP contribution >= 0.6 is 0 Å². The van der Waals surface area contributed by atoms with E-state index in [2.05, 4.69) is 33.4 Å². The minimum atomic E-state index is 0. The maximum Gasteiger partial charge on any atom is 0.0780 e. The van der Waals surface area contributed by atoms with Crippen LogP contribution in [0.15, 0.2) is 0 Å². The first kappa shape index (κ1) is 17.8. The molecular weight excluding hydrogens is 150 g/mol. The predicted octanol–water partition coefficient (Wildman–Crippen LogP) is 1.49. The summed E-state index contributed by atoms with van der Waals surface area (Å²) in [6.07, 6.45) is 2.67. The number of unbranched alkanes of at least 4 members (excludes halogenated alkanes) is 1. The molecule has 0 aromatic carbocycles. The molecule has 0 rings (SSSR count). The number of quaternary nitrogens is 1. The fourth-order valence-corrected chi connectivity index (χ4v) is 0.632. The van der Waals surface area contributed by atoms with Crippen molar-refractivity contribution in [3.63, 3.8) is 0 Å². The molecule has 0 amide bonds. The molecule has 0 unspecified atom stereocenters. The maximum atomic E-state index is 2.75. The van der Waals surface area contributed by atoms with Crippen LogP contribution in [0.2, 0.25) is 0 Å². The van der Waals surface area contributed by atoms with Gasteiger partial charge in [0, 0.05) is 0 Å². The highest BCUT2D eigenvalue weighted by atomic mass is 15.3. The maximum absolute atomic E-state index is 2.75. The van der Waals surface area contributed by atoms with Gasteiger partial charge in [0.1, 0.15) is 0 Å². The second-order valence-corrected chi connectivity index (χ2v) is 3.87. The van der Waals surface area contributed by atoms with Gasteiger partial charge in [-0.15, -0.1) is 0 Å². The van der Waals surface area contributed by atoms with E-state index in [1.807, 2.05) is 14.1 Å². The number of nitrogens with one attached hydrogen (secondary N) is 1. The van der Waals surface area contributed by atoms with Gasteiger partial charge in [-0.05, 0) is 20.5 Å². The van der Waals surface area contributed by atoms with Crippen molar-refractivity contribution in [2.75, 3.05) is 41.8 Å². The van der Waals surface area contributed by atoms with Crippen LogP contribution in [0.5, 0.6) is 0 Å². The van der Waals surface area contributed by atoms with E-state index >= 15 is 0 Å². The first-order valence-corrected chi connectivity index (χ1v) is 4.36. The number of hydrogen-bond donors (Lipinski definition) is 2. The molecule has 12 heavy (non-hydrogen) atoms. The number of rotatable bonds is 3. The fraction of sp³-hybridized carbons (Fsp3) is 1.00. The van der Waals surface area contributed by atoms with Crippen molar-refractivity contribution in [1.29, 1.82) is 0 Å². The summed E-state index contributed by atoms with van der Waals surface area (Å²) in [5, 5.41) is 2.75. The average molecular weight is 178 g/mol. The lowest BCUT2D eigenvalue weighted by Gasteiger charge is -2.23. The molecule has 0 aliphatic rings. The Hall–Kier alpha value is -0.120. The van der Waals surface area contributed by atoms with Crippen LogP contribution < -0.4 is 11.5 Å². The highest BCUT2D eigenvalue weighted by Gasteiger charge is 2.02. The monoisotopic (exact) mass is 178 g/mol. The Morgan fingerprint density at radius 2 is 1.42 bits per heavy atom. The van der Waals surface area contributed by atoms with E-state index in [0.29, 0.717) is 0 Å². The summed E-state index contributed by atoms with van der Waals surface area (Å²) in [6.45, 7) is 3.53. The molecule has 0 radical (unpaired) electrons. The van der Waals surface area contributed by atoms with E-state index in [1.54, 1.807) is 0 Å². The third-order valence-electron chi connectivity index (χ3n) is 1.18. The molecule has 0 atom stereocenters. The summed E-state index contributed by atoms with van der Waals surface area (Å²) in [4.78, 5) is 0. The number of nitrogens with zero attached hydrogens (tertiary/aromatic N) is 1. The quantitative estimate of drug-likeness (QED) is 0.643. The van der Waals surface area contributed by atoms with Gasteiger partial charge in [-0.2, -0.15) is 0 Å². The van der Waals surface area contributed by atoms with E-state index in [0.717, 1.165) is 4.48 Å². The van der Waals surface area contributed by atoms with E-state index in [9.17, 15) is 0 Å². The first-order valence-electron chi connectivity index (χ1n) is 4.36. The van der Waals surface area contributed by atoms with E-state index < -0.39 is 0 Å². The molecule has 3 heteroatoms. The second kappa shape index (κ2) is 10.9. The fourth-order valence-electron chi connectivity index (χ4n) is 0.632. The molecule has 0 aromatic heterocycles. The van der Waals surface area contributed by atoms with Crippen LogP contribution in [0, 0.1) is 0 Å². The van der Waals surface area contributed by atoms with E-state index in [4.69, 9.17) is 0 Å². The molecule has 0 fully saturated rings. The van der Waals surface area contributed by atoms with Gasteiger partial charge >= 0.3 is 0 Å². The van der Waals surface area contributed by atoms with Crippen molar-refractivity contribution in [3.8, 4) is 0 Å². The summed E-state index contributed by atoms with van der Waals surface area (Å²) in [5.41, 5.74) is 0. The Balaban J connectivity index is -0.000000177. The zero-order valence-corrected chi connectivity index (χ0v) is 9.78. The standard InChI is InChI=1S/C7H18N.C2H7N.H3N/c1-5-6-7-8(2,3)4;1-3-2;/h5-7H2,1-4H3;3H,1-2H3;1H3/q+1;;. The van der Waals surface area contributed by atoms with Crippen LogP contribution in [0.1, 0.15) is 19.8 Å². The Kier molecular flexibility index (Phi) is 16.2. The first-order chi connectivity index (χ1) is 4.97. The number of hydrogen-bond acceptors (Lipinski definition) is 2. The van der Waals surface area contributed by atoms with Gasteiger partial charge < -0.3 is 16.0 Å². The van der Waals surface area contributed by atoms with E-state index in [1.165, 1.54) is 19.4 Å². The van der Waals surface area contributed by atoms with Crippen LogP contribution in [0.3, 0.4) is 0 Å². The average Bonchev–Trinajstić information content (AvgIpc) is 1.84. The third-order valence-corrected chi connectivity index (χ3v) is 1.18. The van der Waals surface area contributed by atoms with Gasteiger partial charge in [-0.3, -0.25) is 0 Å². The molecule has 0 aliphatic carbocycles. The van der Waals surface area contributed by atoms with Gasteiger partial charge in [0.25, 0.3) is 0 Å². The van der Waals surface area contributed by atoms with Crippen molar-refractivity contribution < 1.29 is 4.48 Å². The van der Waals surface area contributed by atoms with Gasteiger partial charge in [0.15, 0.2) is 0 Å². The smallest absolute Gasteiger partial charge is 0.0780 e. The molecule has 4 N–H and O–H groups in total. The van der Waals surface area contributed by atoms with Gasteiger partial charge in [-0.1, -0.05) is 13.3 Å². The lowest BCUT2D eigenvalue weighted by atomic mass is 10.3. The zero-order valence-electron chi connectivity index (χ0n) is 9.78.